The number of alkyl halides is 1. The van der Waals surface area contributed by atoms with Gasteiger partial charge in [-0.2, -0.15) is 0 Å². The van der Waals surface area contributed by atoms with Gasteiger partial charge in [-0.1, -0.05) is 24.3 Å². The molecule has 3 aromatic rings. The Hall–Kier alpha value is -2.06. The number of aryl methyl sites for hydroxylation is 2. The molecule has 0 radical (unpaired) electrons. The van der Waals surface area contributed by atoms with Gasteiger partial charge in [0.2, 0.25) is 5.88 Å². The van der Waals surface area contributed by atoms with Crippen molar-refractivity contribution in [2.45, 2.75) is 19.7 Å². The van der Waals surface area contributed by atoms with Crippen LogP contribution in [0.3, 0.4) is 0 Å². The summed E-state index contributed by atoms with van der Waals surface area (Å²) in [6.45, 7) is 4.16. The van der Waals surface area contributed by atoms with Crippen molar-refractivity contribution in [2.75, 3.05) is 0 Å². The summed E-state index contributed by atoms with van der Waals surface area (Å²) in [4.78, 5) is 4.51. The van der Waals surface area contributed by atoms with Gasteiger partial charge in [-0.05, 0) is 54.6 Å². The Labute approximate surface area is 129 Å². The van der Waals surface area contributed by atoms with Crippen molar-refractivity contribution in [3.8, 4) is 11.6 Å². The van der Waals surface area contributed by atoms with Crippen molar-refractivity contribution >= 4 is 22.4 Å². The SMILES string of the molecule is Cc1ccc(Oc2nc(CCl)cc3ccccc23)cc1C. The summed E-state index contributed by atoms with van der Waals surface area (Å²) >= 11 is 5.93. The summed E-state index contributed by atoms with van der Waals surface area (Å²) in [7, 11) is 0. The normalized spacial score (nSPS) is 10.8. The number of fused-ring (bicyclic) bond motifs is 1. The predicted octanol–water partition coefficient (Wildman–Crippen LogP) is 5.38. The Morgan fingerprint density at radius 2 is 1.81 bits per heavy atom. The summed E-state index contributed by atoms with van der Waals surface area (Å²) in [5, 5.41) is 2.08. The molecule has 0 aliphatic rings. The number of hydrogen-bond donors (Lipinski definition) is 0. The molecular formula is C18H16ClNO. The van der Waals surface area contributed by atoms with Gasteiger partial charge in [0.1, 0.15) is 5.75 Å². The first kappa shape index (κ1) is 13.9. The fourth-order valence-electron chi connectivity index (χ4n) is 2.26. The van der Waals surface area contributed by atoms with Crippen LogP contribution in [0.15, 0.2) is 48.5 Å². The molecule has 2 aromatic carbocycles. The predicted molar refractivity (Wildman–Crippen MR) is 87.3 cm³/mol. The molecule has 0 bridgehead atoms. The molecule has 2 nitrogen and oxygen atoms in total. The molecule has 0 saturated heterocycles. The van der Waals surface area contributed by atoms with Crippen molar-refractivity contribution in [1.82, 2.24) is 4.98 Å². The minimum Gasteiger partial charge on any atom is -0.438 e. The van der Waals surface area contributed by atoms with Crippen LogP contribution in [0.4, 0.5) is 0 Å². The zero-order valence-corrected chi connectivity index (χ0v) is 12.8. The highest BCUT2D eigenvalue weighted by Crippen LogP contribution is 2.30. The number of ether oxygens (including phenoxy) is 1. The maximum atomic E-state index is 6.00. The number of nitrogens with zero attached hydrogens (tertiary/aromatic N) is 1. The van der Waals surface area contributed by atoms with E-state index in [0.717, 1.165) is 22.2 Å². The molecule has 3 heteroatoms. The molecule has 1 aromatic heterocycles. The Morgan fingerprint density at radius 1 is 1.00 bits per heavy atom. The zero-order chi connectivity index (χ0) is 14.8. The number of benzene rings is 2. The summed E-state index contributed by atoms with van der Waals surface area (Å²) in [5.74, 6) is 1.77. The van der Waals surface area contributed by atoms with E-state index in [0.29, 0.717) is 11.8 Å². The molecule has 0 spiro atoms. The van der Waals surface area contributed by atoms with E-state index >= 15 is 0 Å². The first-order chi connectivity index (χ1) is 10.2. The van der Waals surface area contributed by atoms with E-state index in [2.05, 4.69) is 24.9 Å². The van der Waals surface area contributed by atoms with Crippen LogP contribution in [-0.2, 0) is 5.88 Å². The van der Waals surface area contributed by atoms with E-state index in [4.69, 9.17) is 16.3 Å². The number of aromatic nitrogens is 1. The van der Waals surface area contributed by atoms with Gasteiger partial charge in [0.05, 0.1) is 11.6 Å². The van der Waals surface area contributed by atoms with E-state index in [1.54, 1.807) is 0 Å². The Kier molecular flexibility index (Phi) is 3.80. The largest absolute Gasteiger partial charge is 0.438 e. The maximum absolute atomic E-state index is 6.00. The van der Waals surface area contributed by atoms with E-state index in [1.807, 2.05) is 42.5 Å². The van der Waals surface area contributed by atoms with Gasteiger partial charge in [-0.3, -0.25) is 0 Å². The van der Waals surface area contributed by atoms with Crippen molar-refractivity contribution < 1.29 is 4.74 Å². The van der Waals surface area contributed by atoms with Crippen LogP contribution in [0.5, 0.6) is 11.6 Å². The van der Waals surface area contributed by atoms with Crippen LogP contribution >= 0.6 is 11.6 Å². The summed E-state index contributed by atoms with van der Waals surface area (Å²) in [6, 6.07) is 16.1. The van der Waals surface area contributed by atoms with Crippen molar-refractivity contribution in [3.05, 3.63) is 65.4 Å². The van der Waals surface area contributed by atoms with Crippen LogP contribution in [-0.4, -0.2) is 4.98 Å². The van der Waals surface area contributed by atoms with E-state index in [1.165, 1.54) is 11.1 Å². The van der Waals surface area contributed by atoms with E-state index in [-0.39, 0.29) is 0 Å². The van der Waals surface area contributed by atoms with Crippen molar-refractivity contribution in [2.24, 2.45) is 0 Å². The third-order valence-corrected chi connectivity index (χ3v) is 3.86. The van der Waals surface area contributed by atoms with Crippen LogP contribution in [0.25, 0.3) is 10.8 Å². The highest BCUT2D eigenvalue weighted by atomic mass is 35.5. The maximum Gasteiger partial charge on any atom is 0.227 e. The van der Waals surface area contributed by atoms with Gasteiger partial charge < -0.3 is 4.74 Å². The minimum atomic E-state index is 0.369. The molecule has 0 N–H and O–H groups in total. The number of halogens is 1. The first-order valence-corrected chi connectivity index (χ1v) is 7.40. The lowest BCUT2D eigenvalue weighted by atomic mass is 10.1. The van der Waals surface area contributed by atoms with Gasteiger partial charge in [0.25, 0.3) is 0 Å². The van der Waals surface area contributed by atoms with Crippen molar-refractivity contribution in [1.29, 1.82) is 0 Å². The monoisotopic (exact) mass is 297 g/mol. The molecule has 0 amide bonds. The number of rotatable bonds is 3. The molecule has 1 heterocycles. The molecule has 0 fully saturated rings. The molecule has 106 valence electrons. The third-order valence-electron chi connectivity index (χ3n) is 3.59. The molecule has 0 unspecified atom stereocenters. The number of pyridine rings is 1. The lowest BCUT2D eigenvalue weighted by Gasteiger charge is -2.11. The van der Waals surface area contributed by atoms with E-state index < -0.39 is 0 Å². The second kappa shape index (κ2) is 5.74. The molecule has 3 rings (SSSR count). The third kappa shape index (κ3) is 2.86. The summed E-state index contributed by atoms with van der Waals surface area (Å²) < 4.78 is 6.00. The lowest BCUT2D eigenvalue weighted by molar-refractivity contribution is 0.467. The Bertz CT molecular complexity index is 798. The molecular weight excluding hydrogens is 282 g/mol. The average Bonchev–Trinajstić information content (AvgIpc) is 2.51. The lowest BCUT2D eigenvalue weighted by Crippen LogP contribution is -1.94. The van der Waals surface area contributed by atoms with Crippen LogP contribution < -0.4 is 4.74 Å². The van der Waals surface area contributed by atoms with Crippen molar-refractivity contribution in [3.63, 3.8) is 0 Å². The Morgan fingerprint density at radius 3 is 2.57 bits per heavy atom. The number of hydrogen-bond acceptors (Lipinski definition) is 2. The van der Waals surface area contributed by atoms with E-state index in [9.17, 15) is 0 Å². The molecule has 0 atom stereocenters. The van der Waals surface area contributed by atoms with Crippen LogP contribution in [0.2, 0.25) is 0 Å². The van der Waals surface area contributed by atoms with Gasteiger partial charge in [-0.15, -0.1) is 11.6 Å². The summed E-state index contributed by atoms with van der Waals surface area (Å²) in [6.07, 6.45) is 0. The van der Waals surface area contributed by atoms with Gasteiger partial charge in [-0.25, -0.2) is 4.98 Å². The van der Waals surface area contributed by atoms with Crippen LogP contribution in [0.1, 0.15) is 16.8 Å². The Balaban J connectivity index is 2.08. The standard InChI is InChI=1S/C18H16ClNO/c1-12-7-8-16(9-13(12)2)21-18-17-6-4-3-5-14(17)10-15(11-19)20-18/h3-10H,11H2,1-2H3. The van der Waals surface area contributed by atoms with Gasteiger partial charge in [0.15, 0.2) is 0 Å². The molecule has 0 saturated carbocycles. The smallest absolute Gasteiger partial charge is 0.227 e. The second-order valence-corrected chi connectivity index (χ2v) is 5.39. The fraction of sp³-hybridized carbons (Fsp3) is 0.167. The van der Waals surface area contributed by atoms with Gasteiger partial charge in [0, 0.05) is 5.39 Å². The first-order valence-electron chi connectivity index (χ1n) is 6.87. The fourth-order valence-corrected chi connectivity index (χ4v) is 2.39. The molecule has 0 aliphatic carbocycles. The minimum absolute atomic E-state index is 0.369. The highest BCUT2D eigenvalue weighted by Gasteiger charge is 2.08. The summed E-state index contributed by atoms with van der Waals surface area (Å²) in [5.41, 5.74) is 3.26. The zero-order valence-electron chi connectivity index (χ0n) is 12.1. The molecule has 21 heavy (non-hydrogen) atoms. The highest BCUT2D eigenvalue weighted by molar-refractivity contribution is 6.17. The second-order valence-electron chi connectivity index (χ2n) is 5.12. The van der Waals surface area contributed by atoms with Gasteiger partial charge >= 0.3 is 0 Å². The average molecular weight is 298 g/mol. The quantitative estimate of drug-likeness (QED) is 0.605. The van der Waals surface area contributed by atoms with Crippen LogP contribution in [0, 0.1) is 13.8 Å². The molecule has 0 aliphatic heterocycles. The topological polar surface area (TPSA) is 22.1 Å².